The van der Waals surface area contributed by atoms with Gasteiger partial charge in [0.05, 0.1) is 0 Å². The van der Waals surface area contributed by atoms with Gasteiger partial charge in [0.25, 0.3) is 0 Å². The Kier molecular flexibility index (Phi) is 3.21. The van der Waals surface area contributed by atoms with Crippen molar-refractivity contribution in [1.29, 1.82) is 0 Å². The van der Waals surface area contributed by atoms with Crippen LogP contribution in [0.1, 0.15) is 58.8 Å². The van der Waals surface area contributed by atoms with Gasteiger partial charge in [0.1, 0.15) is 0 Å². The van der Waals surface area contributed by atoms with E-state index in [2.05, 4.69) is 24.9 Å². The summed E-state index contributed by atoms with van der Waals surface area (Å²) in [6, 6.07) is 0.495. The average molecular weight is 247 g/mol. The van der Waals surface area contributed by atoms with Crippen molar-refractivity contribution in [2.24, 2.45) is 17.8 Å². The van der Waals surface area contributed by atoms with E-state index >= 15 is 0 Å². The lowest BCUT2D eigenvalue weighted by molar-refractivity contribution is -0.138. The fraction of sp³-hybridized carbons (Fsp3) is 0.812. The van der Waals surface area contributed by atoms with Crippen molar-refractivity contribution in [1.82, 2.24) is 4.90 Å². The zero-order chi connectivity index (χ0) is 12.7. The molecule has 2 fully saturated rings. The topological polar surface area (TPSA) is 20.3 Å². The smallest absolute Gasteiger partial charge is 0.230 e. The first kappa shape index (κ1) is 12.3. The molecule has 2 saturated carbocycles. The molecule has 3 rings (SSSR count). The molecule has 2 aliphatic carbocycles. The van der Waals surface area contributed by atoms with Crippen LogP contribution >= 0.6 is 0 Å². The van der Waals surface area contributed by atoms with E-state index in [1.54, 1.807) is 0 Å². The quantitative estimate of drug-likeness (QED) is 0.691. The summed E-state index contributed by atoms with van der Waals surface area (Å²) >= 11 is 0. The van der Waals surface area contributed by atoms with Gasteiger partial charge in [-0.25, -0.2) is 0 Å². The molecule has 0 aromatic rings. The second-order valence-electron chi connectivity index (χ2n) is 6.60. The highest BCUT2D eigenvalue weighted by molar-refractivity contribution is 5.83. The van der Waals surface area contributed by atoms with Gasteiger partial charge >= 0.3 is 0 Å². The number of allylic oxidation sites excluding steroid dienone is 1. The van der Waals surface area contributed by atoms with E-state index in [-0.39, 0.29) is 5.92 Å². The Labute approximate surface area is 110 Å². The molecule has 2 nitrogen and oxygen atoms in total. The molecule has 0 N–H and O–H groups in total. The molecule has 1 aliphatic heterocycles. The van der Waals surface area contributed by atoms with Crippen LogP contribution in [0.25, 0.3) is 0 Å². The summed E-state index contributed by atoms with van der Waals surface area (Å²) in [5.41, 5.74) is 1.45. The Balaban J connectivity index is 1.85. The summed E-state index contributed by atoms with van der Waals surface area (Å²) in [6.07, 6.45) is 11.0. The number of hydrogen-bond acceptors (Lipinski definition) is 1. The van der Waals surface area contributed by atoms with Crippen LogP contribution < -0.4 is 0 Å². The summed E-state index contributed by atoms with van der Waals surface area (Å²) < 4.78 is 0. The molecule has 0 aromatic heterocycles. The zero-order valence-electron chi connectivity index (χ0n) is 11.7. The molecule has 1 heterocycles. The Morgan fingerprint density at radius 3 is 2.56 bits per heavy atom. The number of hydrogen-bond donors (Lipinski definition) is 0. The summed E-state index contributed by atoms with van der Waals surface area (Å²) in [5, 5.41) is 0. The predicted molar refractivity (Wildman–Crippen MR) is 72.9 cm³/mol. The van der Waals surface area contributed by atoms with E-state index in [1.807, 2.05) is 0 Å². The third kappa shape index (κ3) is 1.90. The average Bonchev–Trinajstić information content (AvgIpc) is 2.78. The maximum absolute atomic E-state index is 12.7. The second kappa shape index (κ2) is 4.71. The number of nitrogens with zero attached hydrogens (tertiary/aromatic N) is 1. The molecule has 0 bridgehead atoms. The lowest BCUT2D eigenvalue weighted by atomic mass is 9.81. The molecular weight excluding hydrogens is 222 g/mol. The molecule has 3 aliphatic rings. The van der Waals surface area contributed by atoms with Gasteiger partial charge in [-0.2, -0.15) is 0 Å². The highest BCUT2D eigenvalue weighted by atomic mass is 16.2. The molecular formula is C16H25NO. The fourth-order valence-electron chi connectivity index (χ4n) is 4.32. The number of carbonyl (C=O) groups is 1. The van der Waals surface area contributed by atoms with Crippen LogP contribution in [-0.2, 0) is 4.79 Å². The summed E-state index contributed by atoms with van der Waals surface area (Å²) in [5.74, 6) is 1.85. The van der Waals surface area contributed by atoms with E-state index in [1.165, 1.54) is 50.5 Å². The first-order chi connectivity index (χ1) is 8.68. The first-order valence-corrected chi connectivity index (χ1v) is 7.69. The fourth-order valence-corrected chi connectivity index (χ4v) is 4.32. The van der Waals surface area contributed by atoms with Crippen molar-refractivity contribution in [3.8, 4) is 0 Å². The second-order valence-corrected chi connectivity index (χ2v) is 6.60. The lowest BCUT2D eigenvalue weighted by Crippen LogP contribution is -2.46. The van der Waals surface area contributed by atoms with E-state index in [0.29, 0.717) is 23.8 Å². The number of rotatable bonds is 1. The van der Waals surface area contributed by atoms with Crippen LogP contribution in [0.15, 0.2) is 11.8 Å². The normalized spacial score (nSPS) is 37.7. The maximum Gasteiger partial charge on any atom is 0.230 e. The molecule has 100 valence electrons. The summed E-state index contributed by atoms with van der Waals surface area (Å²) in [6.45, 7) is 4.50. The molecule has 2 heteroatoms. The van der Waals surface area contributed by atoms with Crippen molar-refractivity contribution in [2.45, 2.75) is 64.8 Å². The van der Waals surface area contributed by atoms with Crippen molar-refractivity contribution >= 4 is 5.91 Å². The van der Waals surface area contributed by atoms with Crippen molar-refractivity contribution in [2.75, 3.05) is 0 Å². The zero-order valence-corrected chi connectivity index (χ0v) is 11.7. The molecule has 0 radical (unpaired) electrons. The highest BCUT2D eigenvalue weighted by Crippen LogP contribution is 2.45. The minimum atomic E-state index is 0.289. The molecule has 1 amide bonds. The molecule has 0 spiro atoms. The van der Waals surface area contributed by atoms with Crippen LogP contribution in [0.5, 0.6) is 0 Å². The van der Waals surface area contributed by atoms with Crippen LogP contribution in [0.2, 0.25) is 0 Å². The number of amides is 1. The Morgan fingerprint density at radius 1 is 1.11 bits per heavy atom. The Bertz CT molecular complexity index is 367. The highest BCUT2D eigenvalue weighted by Gasteiger charge is 2.45. The van der Waals surface area contributed by atoms with Crippen molar-refractivity contribution in [3.63, 3.8) is 0 Å². The van der Waals surface area contributed by atoms with Crippen LogP contribution in [0.4, 0.5) is 0 Å². The van der Waals surface area contributed by atoms with Gasteiger partial charge < -0.3 is 4.90 Å². The number of fused-ring (bicyclic) bond motifs is 1. The van der Waals surface area contributed by atoms with Crippen molar-refractivity contribution in [3.05, 3.63) is 11.8 Å². The summed E-state index contributed by atoms with van der Waals surface area (Å²) in [7, 11) is 0. The van der Waals surface area contributed by atoms with Crippen LogP contribution in [-0.4, -0.2) is 16.8 Å². The third-order valence-corrected chi connectivity index (χ3v) is 5.41. The SMILES string of the molecule is CC1=CN(C2CCCCC2)C(=O)[C@H]2[C@@H]1CC[C@@H]2C. The van der Waals surface area contributed by atoms with Crippen LogP contribution in [0.3, 0.4) is 0 Å². The van der Waals surface area contributed by atoms with Gasteiger partial charge in [-0.3, -0.25) is 4.79 Å². The molecule has 0 saturated heterocycles. The maximum atomic E-state index is 12.7. The first-order valence-electron chi connectivity index (χ1n) is 7.69. The molecule has 3 atom stereocenters. The number of carbonyl (C=O) groups excluding carboxylic acids is 1. The van der Waals surface area contributed by atoms with Gasteiger partial charge in [-0.15, -0.1) is 0 Å². The Morgan fingerprint density at radius 2 is 1.83 bits per heavy atom. The minimum Gasteiger partial charge on any atom is -0.316 e. The van der Waals surface area contributed by atoms with E-state index in [9.17, 15) is 4.79 Å². The van der Waals surface area contributed by atoms with E-state index in [0.717, 1.165) is 0 Å². The third-order valence-electron chi connectivity index (χ3n) is 5.41. The molecule has 0 unspecified atom stereocenters. The van der Waals surface area contributed by atoms with Gasteiger partial charge in [0, 0.05) is 18.2 Å². The van der Waals surface area contributed by atoms with Gasteiger partial charge in [0.15, 0.2) is 0 Å². The van der Waals surface area contributed by atoms with Crippen LogP contribution in [0, 0.1) is 17.8 Å². The molecule has 0 aromatic carbocycles. The molecule has 18 heavy (non-hydrogen) atoms. The minimum absolute atomic E-state index is 0.289. The van der Waals surface area contributed by atoms with Gasteiger partial charge in [0.2, 0.25) is 5.91 Å². The van der Waals surface area contributed by atoms with Gasteiger partial charge in [-0.05, 0) is 44.4 Å². The van der Waals surface area contributed by atoms with Crippen molar-refractivity contribution < 1.29 is 4.79 Å². The largest absolute Gasteiger partial charge is 0.316 e. The standard InChI is InChI=1S/C16H25NO/c1-11-8-9-14-12(2)10-17(16(18)15(11)14)13-6-4-3-5-7-13/h10-11,13-15H,3-9H2,1-2H3/t11-,14+,15+/m0/s1. The lowest BCUT2D eigenvalue weighted by Gasteiger charge is -2.40. The summed E-state index contributed by atoms with van der Waals surface area (Å²) in [4.78, 5) is 14.9. The van der Waals surface area contributed by atoms with E-state index in [4.69, 9.17) is 0 Å². The van der Waals surface area contributed by atoms with E-state index < -0.39 is 0 Å². The van der Waals surface area contributed by atoms with Gasteiger partial charge in [-0.1, -0.05) is 31.8 Å². The predicted octanol–water partition coefficient (Wildman–Crippen LogP) is 3.73. The Hall–Kier alpha value is -0.790. The monoisotopic (exact) mass is 247 g/mol.